The Bertz CT molecular complexity index is 364. The van der Waals surface area contributed by atoms with Gasteiger partial charge < -0.3 is 10.5 Å². The summed E-state index contributed by atoms with van der Waals surface area (Å²) in [5.41, 5.74) is 7.55. The summed E-state index contributed by atoms with van der Waals surface area (Å²) in [7, 11) is 1.72. The molecule has 0 heterocycles. The topological polar surface area (TPSA) is 35.2 Å². The zero-order valence-corrected chi connectivity index (χ0v) is 10.2. The summed E-state index contributed by atoms with van der Waals surface area (Å²) >= 11 is 0. The molecule has 0 aromatic heterocycles. The number of methoxy groups -OCH3 is 1. The van der Waals surface area contributed by atoms with Crippen molar-refractivity contribution in [3.63, 3.8) is 0 Å². The van der Waals surface area contributed by atoms with Gasteiger partial charge in [-0.3, -0.25) is 0 Å². The van der Waals surface area contributed by atoms with E-state index in [1.54, 1.807) is 7.11 Å². The van der Waals surface area contributed by atoms with Crippen molar-refractivity contribution in [1.82, 2.24) is 0 Å². The highest BCUT2D eigenvalue weighted by Crippen LogP contribution is 2.41. The number of hydrogen-bond donors (Lipinski definition) is 1. The van der Waals surface area contributed by atoms with Gasteiger partial charge in [0.2, 0.25) is 0 Å². The van der Waals surface area contributed by atoms with E-state index in [9.17, 15) is 0 Å². The third kappa shape index (κ3) is 2.07. The fourth-order valence-electron chi connectivity index (χ4n) is 2.89. The van der Waals surface area contributed by atoms with Crippen LogP contribution in [0.25, 0.3) is 0 Å². The Kier molecular flexibility index (Phi) is 3.20. The number of ether oxygens (including phenoxy) is 1. The summed E-state index contributed by atoms with van der Waals surface area (Å²) in [6.45, 7) is 2.29. The average molecular weight is 219 g/mol. The first-order valence-electron chi connectivity index (χ1n) is 6.08. The molecule has 0 bridgehead atoms. The molecule has 1 saturated carbocycles. The lowest BCUT2D eigenvalue weighted by molar-refractivity contribution is 0.232. The van der Waals surface area contributed by atoms with E-state index < -0.39 is 0 Å². The van der Waals surface area contributed by atoms with Crippen LogP contribution in [0, 0.1) is 5.92 Å². The van der Waals surface area contributed by atoms with Crippen molar-refractivity contribution in [1.29, 1.82) is 0 Å². The molecule has 2 unspecified atom stereocenters. The number of para-hydroxylation sites is 1. The van der Waals surface area contributed by atoms with Crippen LogP contribution in [-0.4, -0.2) is 7.11 Å². The number of rotatable bonds is 2. The summed E-state index contributed by atoms with van der Waals surface area (Å²) in [4.78, 5) is 0. The van der Waals surface area contributed by atoms with Gasteiger partial charge in [0.15, 0.2) is 0 Å². The maximum Gasteiger partial charge on any atom is 0.123 e. The van der Waals surface area contributed by atoms with Crippen LogP contribution >= 0.6 is 0 Å². The number of benzene rings is 1. The van der Waals surface area contributed by atoms with Crippen LogP contribution in [-0.2, 0) is 5.54 Å². The first-order valence-corrected chi connectivity index (χ1v) is 6.08. The molecule has 2 rings (SSSR count). The molecular formula is C14H21NO. The fourth-order valence-corrected chi connectivity index (χ4v) is 2.89. The normalized spacial score (nSPS) is 30.1. The summed E-state index contributed by atoms with van der Waals surface area (Å²) in [5.74, 6) is 1.64. The van der Waals surface area contributed by atoms with Crippen LogP contribution in [0.4, 0.5) is 0 Å². The van der Waals surface area contributed by atoms with Crippen molar-refractivity contribution >= 4 is 0 Å². The minimum atomic E-state index is -0.190. The third-order valence-corrected chi connectivity index (χ3v) is 3.68. The van der Waals surface area contributed by atoms with Gasteiger partial charge in [-0.2, -0.15) is 0 Å². The molecule has 88 valence electrons. The zero-order valence-electron chi connectivity index (χ0n) is 10.2. The van der Waals surface area contributed by atoms with E-state index >= 15 is 0 Å². The lowest BCUT2D eigenvalue weighted by Gasteiger charge is -2.38. The highest BCUT2D eigenvalue weighted by molar-refractivity contribution is 5.39. The van der Waals surface area contributed by atoms with Crippen LogP contribution in [0.5, 0.6) is 5.75 Å². The van der Waals surface area contributed by atoms with E-state index in [0.29, 0.717) is 5.92 Å². The van der Waals surface area contributed by atoms with Crippen LogP contribution in [0.15, 0.2) is 24.3 Å². The number of hydrogen-bond acceptors (Lipinski definition) is 2. The SMILES string of the molecule is COc1ccccc1C1(N)CCCC(C)C1. The van der Waals surface area contributed by atoms with Crippen molar-refractivity contribution in [2.75, 3.05) is 7.11 Å². The maximum atomic E-state index is 6.57. The molecule has 1 aliphatic carbocycles. The average Bonchev–Trinajstić information content (AvgIpc) is 2.29. The number of nitrogens with two attached hydrogens (primary N) is 1. The minimum absolute atomic E-state index is 0.190. The minimum Gasteiger partial charge on any atom is -0.496 e. The van der Waals surface area contributed by atoms with Gasteiger partial charge in [0.25, 0.3) is 0 Å². The van der Waals surface area contributed by atoms with Crippen molar-refractivity contribution in [2.24, 2.45) is 11.7 Å². The second-order valence-electron chi connectivity index (χ2n) is 5.06. The van der Waals surface area contributed by atoms with E-state index in [1.807, 2.05) is 18.2 Å². The molecule has 0 amide bonds. The van der Waals surface area contributed by atoms with Gasteiger partial charge in [-0.25, -0.2) is 0 Å². The van der Waals surface area contributed by atoms with Gasteiger partial charge in [0, 0.05) is 11.1 Å². The monoisotopic (exact) mass is 219 g/mol. The van der Waals surface area contributed by atoms with Crippen LogP contribution in [0.3, 0.4) is 0 Å². The predicted molar refractivity (Wildman–Crippen MR) is 66.5 cm³/mol. The smallest absolute Gasteiger partial charge is 0.123 e. The largest absolute Gasteiger partial charge is 0.496 e. The molecule has 0 aliphatic heterocycles. The van der Waals surface area contributed by atoms with Crippen molar-refractivity contribution in [3.05, 3.63) is 29.8 Å². The van der Waals surface area contributed by atoms with E-state index in [4.69, 9.17) is 10.5 Å². The third-order valence-electron chi connectivity index (χ3n) is 3.68. The maximum absolute atomic E-state index is 6.57. The van der Waals surface area contributed by atoms with Crippen molar-refractivity contribution < 1.29 is 4.74 Å². The van der Waals surface area contributed by atoms with E-state index in [2.05, 4.69) is 13.0 Å². The summed E-state index contributed by atoms with van der Waals surface area (Å²) in [6.07, 6.45) is 4.65. The molecule has 0 saturated heterocycles. The van der Waals surface area contributed by atoms with Gasteiger partial charge in [0.05, 0.1) is 7.11 Å². The Morgan fingerprint density at radius 1 is 1.38 bits per heavy atom. The van der Waals surface area contributed by atoms with Crippen LogP contribution in [0.1, 0.15) is 38.2 Å². The standard InChI is InChI=1S/C14H21NO/c1-11-6-5-9-14(15,10-11)12-7-3-4-8-13(12)16-2/h3-4,7-8,11H,5-6,9-10,15H2,1-2H3. The lowest BCUT2D eigenvalue weighted by Crippen LogP contribution is -2.41. The first-order chi connectivity index (χ1) is 7.65. The zero-order chi connectivity index (χ0) is 11.6. The molecule has 2 heteroatoms. The molecule has 2 nitrogen and oxygen atoms in total. The molecule has 1 fully saturated rings. The lowest BCUT2D eigenvalue weighted by atomic mass is 9.73. The first kappa shape index (κ1) is 11.5. The van der Waals surface area contributed by atoms with Crippen LogP contribution in [0.2, 0.25) is 0 Å². The van der Waals surface area contributed by atoms with E-state index in [0.717, 1.165) is 18.6 Å². The Balaban J connectivity index is 2.34. The highest BCUT2D eigenvalue weighted by Gasteiger charge is 2.34. The summed E-state index contributed by atoms with van der Waals surface area (Å²) in [5, 5.41) is 0. The Hall–Kier alpha value is -1.02. The van der Waals surface area contributed by atoms with Gasteiger partial charge in [-0.15, -0.1) is 0 Å². The highest BCUT2D eigenvalue weighted by atomic mass is 16.5. The van der Waals surface area contributed by atoms with E-state index in [-0.39, 0.29) is 5.54 Å². The molecular weight excluding hydrogens is 198 g/mol. The van der Waals surface area contributed by atoms with Crippen molar-refractivity contribution in [3.8, 4) is 5.75 Å². The van der Waals surface area contributed by atoms with E-state index in [1.165, 1.54) is 18.4 Å². The molecule has 2 atom stereocenters. The molecule has 2 N–H and O–H groups in total. The van der Waals surface area contributed by atoms with Gasteiger partial charge in [-0.05, 0) is 24.8 Å². The quantitative estimate of drug-likeness (QED) is 0.829. The predicted octanol–water partition coefficient (Wildman–Crippen LogP) is 3.06. The molecule has 0 spiro atoms. The van der Waals surface area contributed by atoms with Crippen LogP contribution < -0.4 is 10.5 Å². The molecule has 1 aliphatic rings. The molecule has 1 aromatic rings. The second kappa shape index (κ2) is 4.46. The Labute approximate surface area is 97.8 Å². The Morgan fingerprint density at radius 2 is 2.12 bits per heavy atom. The summed E-state index contributed by atoms with van der Waals surface area (Å²) in [6, 6.07) is 8.16. The van der Waals surface area contributed by atoms with Gasteiger partial charge in [0.1, 0.15) is 5.75 Å². The fraction of sp³-hybridized carbons (Fsp3) is 0.571. The second-order valence-corrected chi connectivity index (χ2v) is 5.06. The summed E-state index contributed by atoms with van der Waals surface area (Å²) < 4.78 is 5.42. The molecule has 0 radical (unpaired) electrons. The van der Waals surface area contributed by atoms with Gasteiger partial charge in [-0.1, -0.05) is 38.0 Å². The van der Waals surface area contributed by atoms with Crippen molar-refractivity contribution in [2.45, 2.75) is 38.1 Å². The Morgan fingerprint density at radius 3 is 2.81 bits per heavy atom. The molecule has 1 aromatic carbocycles. The van der Waals surface area contributed by atoms with Gasteiger partial charge >= 0.3 is 0 Å². The molecule has 16 heavy (non-hydrogen) atoms.